The fourth-order valence-corrected chi connectivity index (χ4v) is 3.64. The van der Waals surface area contributed by atoms with E-state index in [4.69, 9.17) is 0 Å². The third-order valence-electron chi connectivity index (χ3n) is 4.76. The van der Waals surface area contributed by atoms with Crippen molar-refractivity contribution in [3.8, 4) is 0 Å². The molecule has 4 nitrogen and oxygen atoms in total. The first-order valence-corrected chi connectivity index (χ1v) is 7.57. The zero-order valence-corrected chi connectivity index (χ0v) is 11.8. The Balaban J connectivity index is 1.72. The molecule has 1 saturated carbocycles. The molecule has 0 radical (unpaired) electrons. The van der Waals surface area contributed by atoms with Gasteiger partial charge in [-0.05, 0) is 31.4 Å². The van der Waals surface area contributed by atoms with E-state index in [2.05, 4.69) is 33.4 Å². The molecule has 4 heteroatoms. The molecule has 0 bridgehead atoms. The fourth-order valence-electron chi connectivity index (χ4n) is 3.64. The lowest BCUT2D eigenvalue weighted by Gasteiger charge is -2.46. The molecule has 1 spiro atoms. The summed E-state index contributed by atoms with van der Waals surface area (Å²) in [6, 6.07) is 4.70. The summed E-state index contributed by atoms with van der Waals surface area (Å²) in [7, 11) is 0. The highest BCUT2D eigenvalue weighted by Gasteiger charge is 2.40. The smallest absolute Gasteiger partial charge is 0.0771 e. The van der Waals surface area contributed by atoms with Crippen molar-refractivity contribution < 1.29 is 0 Å². The van der Waals surface area contributed by atoms with Gasteiger partial charge in [0.15, 0.2) is 0 Å². The molecule has 1 aromatic heterocycles. The quantitative estimate of drug-likeness (QED) is 0.902. The highest BCUT2D eigenvalue weighted by Crippen LogP contribution is 2.34. The Morgan fingerprint density at radius 2 is 2.26 bits per heavy atom. The molecule has 0 aromatic carbocycles. The molecule has 1 aliphatic heterocycles. The molecule has 1 atom stereocenters. The highest BCUT2D eigenvalue weighted by atomic mass is 15.3. The van der Waals surface area contributed by atoms with Crippen molar-refractivity contribution in [2.45, 2.75) is 57.2 Å². The zero-order chi connectivity index (χ0) is 13.1. The van der Waals surface area contributed by atoms with Gasteiger partial charge in [0, 0.05) is 37.4 Å². The molecular weight excluding hydrogens is 236 g/mol. The second-order valence-electron chi connectivity index (χ2n) is 6.05. The summed E-state index contributed by atoms with van der Waals surface area (Å²) >= 11 is 0. The van der Waals surface area contributed by atoms with Gasteiger partial charge in [-0.1, -0.05) is 19.8 Å². The van der Waals surface area contributed by atoms with Crippen LogP contribution in [-0.4, -0.2) is 39.8 Å². The van der Waals surface area contributed by atoms with Crippen LogP contribution in [0.15, 0.2) is 18.3 Å². The molecule has 2 aliphatic rings. The van der Waals surface area contributed by atoms with Crippen LogP contribution in [0.4, 0.5) is 0 Å². The second-order valence-corrected chi connectivity index (χ2v) is 6.05. The van der Waals surface area contributed by atoms with Crippen molar-refractivity contribution >= 4 is 0 Å². The number of hydrogen-bond acceptors (Lipinski definition) is 4. The minimum atomic E-state index is 0.383. The number of aromatic nitrogens is 2. The average Bonchev–Trinajstić information content (AvgIpc) is 2.88. The number of hydrogen-bond donors (Lipinski definition) is 1. The molecule has 1 saturated heterocycles. The first-order valence-electron chi connectivity index (χ1n) is 7.57. The fraction of sp³-hybridized carbons (Fsp3) is 0.733. The third-order valence-corrected chi connectivity index (χ3v) is 4.76. The second kappa shape index (κ2) is 5.55. The van der Waals surface area contributed by atoms with Crippen molar-refractivity contribution in [2.24, 2.45) is 0 Å². The first kappa shape index (κ1) is 13.0. The van der Waals surface area contributed by atoms with Crippen LogP contribution in [0.1, 0.15) is 44.7 Å². The van der Waals surface area contributed by atoms with E-state index in [1.165, 1.54) is 38.6 Å². The van der Waals surface area contributed by atoms with E-state index >= 15 is 0 Å². The minimum absolute atomic E-state index is 0.383. The molecule has 19 heavy (non-hydrogen) atoms. The Labute approximate surface area is 115 Å². The molecular formula is C15H24N4. The maximum absolute atomic E-state index is 4.24. The predicted molar refractivity (Wildman–Crippen MR) is 75.7 cm³/mol. The maximum atomic E-state index is 4.24. The maximum Gasteiger partial charge on any atom is 0.0771 e. The van der Waals surface area contributed by atoms with Gasteiger partial charge in [-0.2, -0.15) is 10.2 Å². The number of nitrogens with zero attached hydrogens (tertiary/aromatic N) is 3. The van der Waals surface area contributed by atoms with Gasteiger partial charge < -0.3 is 5.32 Å². The minimum Gasteiger partial charge on any atom is -0.308 e. The van der Waals surface area contributed by atoms with Gasteiger partial charge in [0.2, 0.25) is 0 Å². The topological polar surface area (TPSA) is 41.0 Å². The van der Waals surface area contributed by atoms with E-state index in [1.807, 2.05) is 6.07 Å². The van der Waals surface area contributed by atoms with Gasteiger partial charge in [-0.3, -0.25) is 4.90 Å². The van der Waals surface area contributed by atoms with Gasteiger partial charge in [-0.15, -0.1) is 0 Å². The lowest BCUT2D eigenvalue weighted by molar-refractivity contribution is 0.0705. The van der Waals surface area contributed by atoms with E-state index in [-0.39, 0.29) is 0 Å². The lowest BCUT2D eigenvalue weighted by atomic mass is 9.91. The van der Waals surface area contributed by atoms with Crippen LogP contribution < -0.4 is 5.32 Å². The van der Waals surface area contributed by atoms with Gasteiger partial charge in [0.1, 0.15) is 0 Å². The highest BCUT2D eigenvalue weighted by molar-refractivity contribution is 5.04. The Kier molecular flexibility index (Phi) is 3.80. The van der Waals surface area contributed by atoms with Crippen molar-refractivity contribution in [1.82, 2.24) is 20.4 Å². The molecule has 2 fully saturated rings. The summed E-state index contributed by atoms with van der Waals surface area (Å²) in [5.74, 6) is 0. The van der Waals surface area contributed by atoms with E-state index < -0.39 is 0 Å². The number of rotatable bonds is 3. The zero-order valence-electron chi connectivity index (χ0n) is 11.8. The van der Waals surface area contributed by atoms with E-state index in [0.29, 0.717) is 11.6 Å². The van der Waals surface area contributed by atoms with Crippen LogP contribution in [0.5, 0.6) is 0 Å². The summed E-state index contributed by atoms with van der Waals surface area (Å²) in [6.45, 7) is 5.51. The van der Waals surface area contributed by atoms with Gasteiger partial charge >= 0.3 is 0 Å². The summed E-state index contributed by atoms with van der Waals surface area (Å²) in [4.78, 5) is 2.62. The Hall–Kier alpha value is -1.00. The molecule has 1 unspecified atom stereocenters. The van der Waals surface area contributed by atoms with E-state index in [0.717, 1.165) is 18.8 Å². The molecule has 1 aliphatic carbocycles. The van der Waals surface area contributed by atoms with Gasteiger partial charge in [-0.25, -0.2) is 0 Å². The monoisotopic (exact) mass is 260 g/mol. The lowest BCUT2D eigenvalue weighted by Crippen LogP contribution is -2.62. The Morgan fingerprint density at radius 1 is 1.42 bits per heavy atom. The standard InChI is InChI=1S/C15H24N4/c1-2-14-10-16-15(7-3-4-8-15)12-19(14)11-13-6-5-9-17-18-13/h5-6,9,14,16H,2-4,7-8,10-12H2,1H3. The molecule has 3 rings (SSSR count). The van der Waals surface area contributed by atoms with Crippen LogP contribution in [0.3, 0.4) is 0 Å². The van der Waals surface area contributed by atoms with Crippen molar-refractivity contribution in [3.05, 3.63) is 24.0 Å². The predicted octanol–water partition coefficient (Wildman–Crippen LogP) is 1.97. The van der Waals surface area contributed by atoms with Gasteiger partial charge in [0.05, 0.1) is 5.69 Å². The molecule has 1 aromatic rings. The van der Waals surface area contributed by atoms with Crippen molar-refractivity contribution in [1.29, 1.82) is 0 Å². The van der Waals surface area contributed by atoms with Crippen LogP contribution in [0.25, 0.3) is 0 Å². The van der Waals surface area contributed by atoms with Gasteiger partial charge in [0.25, 0.3) is 0 Å². The SMILES string of the molecule is CCC1CNC2(CCCC2)CN1Cc1cccnn1. The largest absolute Gasteiger partial charge is 0.308 e. The molecule has 0 amide bonds. The Bertz CT molecular complexity index is 400. The van der Waals surface area contributed by atoms with Crippen molar-refractivity contribution in [3.63, 3.8) is 0 Å². The molecule has 104 valence electrons. The molecule has 1 N–H and O–H groups in total. The van der Waals surface area contributed by atoms with E-state index in [1.54, 1.807) is 6.20 Å². The third kappa shape index (κ3) is 2.79. The van der Waals surface area contributed by atoms with Crippen LogP contribution in [-0.2, 0) is 6.54 Å². The van der Waals surface area contributed by atoms with Crippen LogP contribution in [0, 0.1) is 0 Å². The number of nitrogens with one attached hydrogen (secondary N) is 1. The summed E-state index contributed by atoms with van der Waals surface area (Å²) in [5, 5.41) is 12.1. The summed E-state index contributed by atoms with van der Waals surface area (Å²) in [6.07, 6.45) is 8.37. The van der Waals surface area contributed by atoms with Crippen LogP contribution in [0.2, 0.25) is 0 Å². The first-order chi connectivity index (χ1) is 9.31. The normalized spacial score (nSPS) is 26.9. The summed E-state index contributed by atoms with van der Waals surface area (Å²) in [5.41, 5.74) is 1.48. The number of piperazine rings is 1. The molecule has 2 heterocycles. The van der Waals surface area contributed by atoms with E-state index in [9.17, 15) is 0 Å². The average molecular weight is 260 g/mol. The Morgan fingerprint density at radius 3 is 2.95 bits per heavy atom. The summed E-state index contributed by atoms with van der Waals surface area (Å²) < 4.78 is 0. The van der Waals surface area contributed by atoms with Crippen LogP contribution >= 0.6 is 0 Å². The van der Waals surface area contributed by atoms with Crippen molar-refractivity contribution in [2.75, 3.05) is 13.1 Å².